The number of para-hydroxylation sites is 1. The molecule has 0 bridgehead atoms. The van der Waals surface area contributed by atoms with Crippen molar-refractivity contribution in [3.63, 3.8) is 0 Å². The molecular formula is C24H22BrN3O. The summed E-state index contributed by atoms with van der Waals surface area (Å²) in [6.07, 6.45) is 0.982. The highest BCUT2D eigenvalue weighted by atomic mass is 79.9. The number of carbonyl (C=O) groups excluding carboxylic acids is 1. The first kappa shape index (κ1) is 19.6. The number of fused-ring (bicyclic) bond motifs is 3. The van der Waals surface area contributed by atoms with E-state index in [9.17, 15) is 4.79 Å². The van der Waals surface area contributed by atoms with E-state index >= 15 is 0 Å². The van der Waals surface area contributed by atoms with Gasteiger partial charge in [-0.15, -0.1) is 0 Å². The maximum atomic E-state index is 11.4. The lowest BCUT2D eigenvalue weighted by Gasteiger charge is -2.06. The second kappa shape index (κ2) is 8.72. The van der Waals surface area contributed by atoms with Gasteiger partial charge in [-0.2, -0.15) is 0 Å². The van der Waals surface area contributed by atoms with Crippen molar-refractivity contribution in [2.45, 2.75) is 19.9 Å². The molecule has 1 aliphatic carbocycles. The lowest BCUT2D eigenvalue weighted by Crippen LogP contribution is -2.16. The van der Waals surface area contributed by atoms with Crippen LogP contribution in [-0.4, -0.2) is 17.4 Å². The Labute approximate surface area is 178 Å². The van der Waals surface area contributed by atoms with Crippen molar-refractivity contribution >= 4 is 38.4 Å². The van der Waals surface area contributed by atoms with Gasteiger partial charge < -0.3 is 10.6 Å². The van der Waals surface area contributed by atoms with Gasteiger partial charge in [-0.25, -0.2) is 4.98 Å². The molecule has 0 radical (unpaired) electrons. The number of aromatic nitrogens is 1. The molecule has 0 saturated carbocycles. The second-order valence-electron chi connectivity index (χ2n) is 7.08. The summed E-state index contributed by atoms with van der Waals surface area (Å²) < 4.78 is 1.10. The first-order valence-corrected chi connectivity index (χ1v) is 10.4. The normalized spacial score (nSPS) is 11.1. The standard InChI is InChI=1S/C24H22BrN3O/c1-16(29)27-20-5-3-6-21-22-7-2-4-18(24(22)28-23(21)14-20)15-26-13-12-17-8-10-19(25)11-9-17/h2-11,14,26H,12-13,15H2,1H3,(H,27,29). The van der Waals surface area contributed by atoms with Gasteiger partial charge >= 0.3 is 0 Å². The van der Waals surface area contributed by atoms with Gasteiger partial charge in [-0.3, -0.25) is 4.79 Å². The third kappa shape index (κ3) is 4.63. The molecule has 2 N–H and O–H groups in total. The number of nitrogens with one attached hydrogen (secondary N) is 2. The molecule has 0 aromatic heterocycles. The third-order valence-electron chi connectivity index (χ3n) is 4.89. The Morgan fingerprint density at radius 2 is 1.83 bits per heavy atom. The predicted octanol–water partition coefficient (Wildman–Crippen LogP) is 5.39. The Morgan fingerprint density at radius 1 is 1.03 bits per heavy atom. The SMILES string of the molecule is CC(=O)Nc1cccc2c3cccc(CNCCc4ccc(Br)cc4)c3nc-2c1. The number of carbonyl (C=O) groups is 1. The van der Waals surface area contributed by atoms with E-state index in [1.165, 1.54) is 18.1 Å². The second-order valence-corrected chi connectivity index (χ2v) is 8.00. The Morgan fingerprint density at radius 3 is 2.62 bits per heavy atom. The zero-order chi connectivity index (χ0) is 20.2. The molecule has 2 aliphatic rings. The van der Waals surface area contributed by atoms with Gasteiger partial charge in [0.15, 0.2) is 0 Å². The predicted molar refractivity (Wildman–Crippen MR) is 122 cm³/mol. The Balaban J connectivity index is 1.53. The van der Waals surface area contributed by atoms with Crippen LogP contribution in [0.4, 0.5) is 5.69 Å². The summed E-state index contributed by atoms with van der Waals surface area (Å²) in [4.78, 5) is 16.3. The molecule has 0 saturated heterocycles. The number of rotatable bonds is 6. The number of nitrogens with zero attached hydrogens (tertiary/aromatic N) is 1. The molecule has 2 aromatic carbocycles. The number of hydrogen-bond donors (Lipinski definition) is 2. The minimum atomic E-state index is -0.0869. The van der Waals surface area contributed by atoms with Gasteiger partial charge in [0.05, 0.1) is 11.2 Å². The third-order valence-corrected chi connectivity index (χ3v) is 5.42. The van der Waals surface area contributed by atoms with E-state index in [4.69, 9.17) is 4.98 Å². The van der Waals surface area contributed by atoms with Crippen LogP contribution in [0.5, 0.6) is 0 Å². The maximum absolute atomic E-state index is 11.4. The van der Waals surface area contributed by atoms with Gasteiger partial charge in [0.2, 0.25) is 5.91 Å². The van der Waals surface area contributed by atoms with E-state index in [1.807, 2.05) is 18.2 Å². The molecule has 4 rings (SSSR count). The van der Waals surface area contributed by atoms with E-state index in [0.717, 1.165) is 51.8 Å². The molecule has 1 amide bonds. The number of benzene rings is 2. The van der Waals surface area contributed by atoms with Crippen molar-refractivity contribution < 1.29 is 4.79 Å². The summed E-state index contributed by atoms with van der Waals surface area (Å²) in [5.41, 5.74) is 6.24. The van der Waals surface area contributed by atoms with Crippen molar-refractivity contribution in [1.29, 1.82) is 0 Å². The average molecular weight is 448 g/mol. The summed E-state index contributed by atoms with van der Waals surface area (Å²) in [6, 6.07) is 22.6. The maximum Gasteiger partial charge on any atom is 0.221 e. The van der Waals surface area contributed by atoms with Crippen LogP contribution < -0.4 is 10.6 Å². The highest BCUT2D eigenvalue weighted by molar-refractivity contribution is 9.10. The number of anilines is 1. The largest absolute Gasteiger partial charge is 0.326 e. The van der Waals surface area contributed by atoms with Gasteiger partial charge in [0.25, 0.3) is 0 Å². The number of amides is 1. The average Bonchev–Trinajstić information content (AvgIpc) is 2.92. The summed E-state index contributed by atoms with van der Waals surface area (Å²) in [5, 5.41) is 7.52. The monoisotopic (exact) mass is 447 g/mol. The highest BCUT2D eigenvalue weighted by Crippen LogP contribution is 2.33. The van der Waals surface area contributed by atoms with Crippen molar-refractivity contribution in [2.24, 2.45) is 0 Å². The molecule has 0 atom stereocenters. The van der Waals surface area contributed by atoms with Crippen LogP contribution in [0.25, 0.3) is 22.2 Å². The van der Waals surface area contributed by atoms with Crippen LogP contribution in [-0.2, 0) is 17.8 Å². The van der Waals surface area contributed by atoms with Crippen molar-refractivity contribution in [1.82, 2.24) is 10.3 Å². The minimum absolute atomic E-state index is 0.0869. The van der Waals surface area contributed by atoms with Crippen molar-refractivity contribution in [3.8, 4) is 11.3 Å². The van der Waals surface area contributed by atoms with Crippen molar-refractivity contribution in [3.05, 3.63) is 82.3 Å². The van der Waals surface area contributed by atoms with Gasteiger partial charge in [-0.1, -0.05) is 58.4 Å². The summed E-state index contributed by atoms with van der Waals surface area (Å²) in [6.45, 7) is 3.18. The van der Waals surface area contributed by atoms with E-state index in [1.54, 1.807) is 0 Å². The quantitative estimate of drug-likeness (QED) is 0.389. The lowest BCUT2D eigenvalue weighted by molar-refractivity contribution is -0.114. The molecule has 0 unspecified atom stereocenters. The Kier molecular flexibility index (Phi) is 5.88. The Hall–Kier alpha value is -2.76. The molecule has 0 spiro atoms. The molecule has 1 aliphatic heterocycles. The van der Waals surface area contributed by atoms with Crippen LogP contribution in [0.3, 0.4) is 0 Å². The molecule has 0 fully saturated rings. The first-order chi connectivity index (χ1) is 14.1. The van der Waals surface area contributed by atoms with Gasteiger partial charge in [0.1, 0.15) is 0 Å². The zero-order valence-corrected chi connectivity index (χ0v) is 17.8. The van der Waals surface area contributed by atoms with Crippen LogP contribution in [0.1, 0.15) is 18.1 Å². The highest BCUT2D eigenvalue weighted by Gasteiger charge is 2.14. The zero-order valence-electron chi connectivity index (χ0n) is 16.2. The molecule has 1 heterocycles. The minimum Gasteiger partial charge on any atom is -0.326 e. The van der Waals surface area contributed by atoms with Crippen LogP contribution in [0, 0.1) is 0 Å². The lowest BCUT2D eigenvalue weighted by atomic mass is 10.1. The topological polar surface area (TPSA) is 54.0 Å². The van der Waals surface area contributed by atoms with Crippen LogP contribution in [0.2, 0.25) is 0 Å². The molecule has 146 valence electrons. The molecule has 5 heteroatoms. The van der Waals surface area contributed by atoms with E-state index < -0.39 is 0 Å². The van der Waals surface area contributed by atoms with E-state index in [2.05, 4.69) is 75.1 Å². The Bertz CT molecular complexity index is 1120. The molecular weight excluding hydrogens is 426 g/mol. The van der Waals surface area contributed by atoms with Gasteiger partial charge in [-0.05, 0) is 48.4 Å². The number of halogens is 1. The number of hydrogen-bond acceptors (Lipinski definition) is 3. The molecule has 29 heavy (non-hydrogen) atoms. The van der Waals surface area contributed by atoms with E-state index in [-0.39, 0.29) is 5.91 Å². The first-order valence-electron chi connectivity index (χ1n) is 9.64. The summed E-state index contributed by atoms with van der Waals surface area (Å²) in [5.74, 6) is -0.0869. The van der Waals surface area contributed by atoms with E-state index in [0.29, 0.717) is 0 Å². The fourth-order valence-electron chi connectivity index (χ4n) is 3.52. The smallest absolute Gasteiger partial charge is 0.221 e. The van der Waals surface area contributed by atoms with Crippen LogP contribution >= 0.6 is 15.9 Å². The summed E-state index contributed by atoms with van der Waals surface area (Å²) >= 11 is 3.47. The van der Waals surface area contributed by atoms with Crippen molar-refractivity contribution in [2.75, 3.05) is 11.9 Å². The van der Waals surface area contributed by atoms with Gasteiger partial charge in [0, 0.05) is 34.6 Å². The fraction of sp³-hybridized carbons (Fsp3) is 0.167. The summed E-state index contributed by atoms with van der Waals surface area (Å²) in [7, 11) is 0. The molecule has 2 aromatic rings. The fourth-order valence-corrected chi connectivity index (χ4v) is 3.78. The molecule has 4 nitrogen and oxygen atoms in total. The van der Waals surface area contributed by atoms with Crippen LogP contribution in [0.15, 0.2) is 71.2 Å².